The van der Waals surface area contributed by atoms with E-state index >= 15 is 0 Å². The summed E-state index contributed by atoms with van der Waals surface area (Å²) in [6.07, 6.45) is 1.49. The van der Waals surface area contributed by atoms with E-state index in [1.807, 2.05) is 30.3 Å². The number of amides is 1. The van der Waals surface area contributed by atoms with Crippen molar-refractivity contribution in [2.24, 2.45) is 0 Å². The van der Waals surface area contributed by atoms with Gasteiger partial charge in [0.2, 0.25) is 0 Å². The number of pyridine rings is 1. The summed E-state index contributed by atoms with van der Waals surface area (Å²) in [5.41, 5.74) is 0.468. The number of rotatable bonds is 4. The van der Waals surface area contributed by atoms with Gasteiger partial charge in [-0.25, -0.2) is 4.98 Å². The molecule has 1 aromatic heterocycles. The molecule has 104 valence electrons. The monoisotopic (exact) mass is 334 g/mol. The highest BCUT2D eigenvalue weighted by Crippen LogP contribution is 2.20. The lowest BCUT2D eigenvalue weighted by Crippen LogP contribution is -2.46. The molecule has 20 heavy (non-hydrogen) atoms. The van der Waals surface area contributed by atoms with E-state index in [1.165, 1.54) is 6.20 Å². The second-order valence-corrected chi connectivity index (χ2v) is 5.49. The number of halogens is 1. The lowest BCUT2D eigenvalue weighted by atomic mass is 9.92. The van der Waals surface area contributed by atoms with Crippen LogP contribution < -0.4 is 5.32 Å². The van der Waals surface area contributed by atoms with E-state index in [4.69, 9.17) is 0 Å². The van der Waals surface area contributed by atoms with Crippen LogP contribution in [0.2, 0.25) is 0 Å². The third-order valence-electron chi connectivity index (χ3n) is 3.11. The third-order valence-corrected chi connectivity index (χ3v) is 3.58. The minimum Gasteiger partial charge on any atom is -0.394 e. The molecule has 1 aromatic carbocycles. The first-order chi connectivity index (χ1) is 9.55. The summed E-state index contributed by atoms with van der Waals surface area (Å²) >= 11 is 3.22. The van der Waals surface area contributed by atoms with E-state index in [0.29, 0.717) is 10.2 Å². The summed E-state index contributed by atoms with van der Waals surface area (Å²) in [4.78, 5) is 16.2. The van der Waals surface area contributed by atoms with Crippen LogP contribution in [0.15, 0.2) is 53.3 Å². The van der Waals surface area contributed by atoms with E-state index in [2.05, 4.69) is 26.2 Å². The van der Waals surface area contributed by atoms with Crippen molar-refractivity contribution in [3.63, 3.8) is 0 Å². The Bertz CT molecular complexity index is 587. The van der Waals surface area contributed by atoms with Gasteiger partial charge in [-0.2, -0.15) is 0 Å². The Balaban J connectivity index is 2.22. The summed E-state index contributed by atoms with van der Waals surface area (Å²) < 4.78 is 0.669. The van der Waals surface area contributed by atoms with Crippen LogP contribution in [0.4, 0.5) is 0 Å². The van der Waals surface area contributed by atoms with Crippen molar-refractivity contribution >= 4 is 21.8 Å². The first-order valence-corrected chi connectivity index (χ1v) is 6.95. The predicted molar refractivity (Wildman–Crippen MR) is 80.3 cm³/mol. The van der Waals surface area contributed by atoms with Crippen LogP contribution in [0.25, 0.3) is 0 Å². The molecule has 0 aliphatic heterocycles. The Morgan fingerprint density at radius 1 is 1.30 bits per heavy atom. The van der Waals surface area contributed by atoms with Gasteiger partial charge >= 0.3 is 0 Å². The largest absolute Gasteiger partial charge is 0.394 e. The second kappa shape index (κ2) is 6.15. The summed E-state index contributed by atoms with van der Waals surface area (Å²) in [6, 6.07) is 12.8. The molecule has 5 heteroatoms. The highest BCUT2D eigenvalue weighted by atomic mass is 79.9. The van der Waals surface area contributed by atoms with Gasteiger partial charge < -0.3 is 10.4 Å². The van der Waals surface area contributed by atoms with Crippen LogP contribution in [-0.2, 0) is 5.54 Å². The number of hydrogen-bond acceptors (Lipinski definition) is 3. The molecule has 1 atom stereocenters. The number of aliphatic hydroxyl groups excluding tert-OH is 1. The summed E-state index contributed by atoms with van der Waals surface area (Å²) in [5.74, 6) is -0.273. The molecule has 1 heterocycles. The van der Waals surface area contributed by atoms with Gasteiger partial charge in [-0.15, -0.1) is 0 Å². The molecule has 1 amide bonds. The van der Waals surface area contributed by atoms with Gasteiger partial charge in [0.05, 0.1) is 17.7 Å². The molecule has 0 saturated heterocycles. The smallest absolute Gasteiger partial charge is 0.253 e. The average Bonchev–Trinajstić information content (AvgIpc) is 2.48. The molecule has 4 nitrogen and oxygen atoms in total. The first kappa shape index (κ1) is 14.7. The Morgan fingerprint density at radius 2 is 2.00 bits per heavy atom. The van der Waals surface area contributed by atoms with Crippen molar-refractivity contribution in [2.45, 2.75) is 12.5 Å². The molecule has 0 aliphatic rings. The quantitative estimate of drug-likeness (QED) is 0.844. The molecule has 1 unspecified atom stereocenters. The van der Waals surface area contributed by atoms with Crippen LogP contribution in [0.1, 0.15) is 22.8 Å². The van der Waals surface area contributed by atoms with E-state index < -0.39 is 5.54 Å². The lowest BCUT2D eigenvalue weighted by molar-refractivity contribution is 0.0849. The fourth-order valence-electron chi connectivity index (χ4n) is 1.84. The molecule has 2 rings (SSSR count). The van der Waals surface area contributed by atoms with Crippen LogP contribution >= 0.6 is 15.9 Å². The molecular formula is C15H15BrN2O2. The summed E-state index contributed by atoms with van der Waals surface area (Å²) in [6.45, 7) is 1.60. The highest BCUT2D eigenvalue weighted by molar-refractivity contribution is 9.10. The lowest BCUT2D eigenvalue weighted by Gasteiger charge is -2.29. The SMILES string of the molecule is CC(CO)(NC(=O)c1ccc(Br)nc1)c1ccccc1. The number of carbonyl (C=O) groups is 1. The normalized spacial score (nSPS) is 13.6. The van der Waals surface area contributed by atoms with Gasteiger partial charge in [-0.3, -0.25) is 4.79 Å². The number of nitrogens with one attached hydrogen (secondary N) is 1. The van der Waals surface area contributed by atoms with Gasteiger partial charge in [-0.05, 0) is 40.5 Å². The fourth-order valence-corrected chi connectivity index (χ4v) is 2.08. The molecule has 0 fully saturated rings. The minimum absolute atomic E-state index is 0.188. The zero-order valence-electron chi connectivity index (χ0n) is 11.0. The van der Waals surface area contributed by atoms with Crippen LogP contribution in [-0.4, -0.2) is 22.6 Å². The van der Waals surface area contributed by atoms with Crippen molar-refractivity contribution in [1.82, 2.24) is 10.3 Å². The molecule has 0 aliphatic carbocycles. The topological polar surface area (TPSA) is 62.2 Å². The number of benzene rings is 1. The number of nitrogens with zero attached hydrogens (tertiary/aromatic N) is 1. The maximum absolute atomic E-state index is 12.2. The molecule has 0 bridgehead atoms. The predicted octanol–water partition coefficient (Wildman–Crippen LogP) is 2.48. The molecular weight excluding hydrogens is 320 g/mol. The maximum Gasteiger partial charge on any atom is 0.253 e. The number of carbonyl (C=O) groups excluding carboxylic acids is 1. The minimum atomic E-state index is -0.828. The van der Waals surface area contributed by atoms with Crippen LogP contribution in [0.3, 0.4) is 0 Å². The van der Waals surface area contributed by atoms with Crippen LogP contribution in [0, 0.1) is 0 Å². The molecule has 2 aromatic rings. The van der Waals surface area contributed by atoms with Crippen LogP contribution in [0.5, 0.6) is 0 Å². The van der Waals surface area contributed by atoms with Crippen molar-refractivity contribution in [3.05, 3.63) is 64.4 Å². The van der Waals surface area contributed by atoms with E-state index in [0.717, 1.165) is 5.56 Å². The molecule has 0 saturated carbocycles. The standard InChI is InChI=1S/C15H15BrN2O2/c1-15(10-19,12-5-3-2-4-6-12)18-14(20)11-7-8-13(16)17-9-11/h2-9,19H,10H2,1H3,(H,18,20). The molecule has 0 spiro atoms. The van der Waals surface area contributed by atoms with Gasteiger partial charge in [0.1, 0.15) is 4.60 Å². The highest BCUT2D eigenvalue weighted by Gasteiger charge is 2.28. The average molecular weight is 335 g/mol. The Labute approximate surface area is 126 Å². The van der Waals surface area contributed by atoms with Gasteiger partial charge in [0.15, 0.2) is 0 Å². The second-order valence-electron chi connectivity index (χ2n) is 4.68. The van der Waals surface area contributed by atoms with Crippen molar-refractivity contribution in [3.8, 4) is 0 Å². The Kier molecular flexibility index (Phi) is 4.52. The van der Waals surface area contributed by atoms with E-state index in [-0.39, 0.29) is 12.5 Å². The summed E-state index contributed by atoms with van der Waals surface area (Å²) in [5, 5.41) is 12.5. The zero-order valence-corrected chi connectivity index (χ0v) is 12.6. The van der Waals surface area contributed by atoms with Gasteiger partial charge in [0.25, 0.3) is 5.91 Å². The number of aromatic nitrogens is 1. The van der Waals surface area contributed by atoms with E-state index in [1.54, 1.807) is 19.1 Å². The number of aliphatic hydroxyl groups is 1. The van der Waals surface area contributed by atoms with Gasteiger partial charge in [0, 0.05) is 6.20 Å². The van der Waals surface area contributed by atoms with E-state index in [9.17, 15) is 9.90 Å². The number of hydrogen-bond donors (Lipinski definition) is 2. The Morgan fingerprint density at radius 3 is 2.55 bits per heavy atom. The zero-order chi connectivity index (χ0) is 14.6. The fraction of sp³-hybridized carbons (Fsp3) is 0.200. The van der Waals surface area contributed by atoms with Gasteiger partial charge in [-0.1, -0.05) is 30.3 Å². The van der Waals surface area contributed by atoms with Crippen molar-refractivity contribution in [1.29, 1.82) is 0 Å². The van der Waals surface area contributed by atoms with Crippen molar-refractivity contribution in [2.75, 3.05) is 6.61 Å². The Hall–Kier alpha value is -1.72. The molecule has 2 N–H and O–H groups in total. The third kappa shape index (κ3) is 3.23. The first-order valence-electron chi connectivity index (χ1n) is 6.15. The summed E-state index contributed by atoms with van der Waals surface area (Å²) in [7, 11) is 0. The van der Waals surface area contributed by atoms with Crippen molar-refractivity contribution < 1.29 is 9.90 Å². The maximum atomic E-state index is 12.2. The molecule has 0 radical (unpaired) electrons.